The van der Waals surface area contributed by atoms with Gasteiger partial charge < -0.3 is 30.3 Å². The Balaban J connectivity index is 1.55. The van der Waals surface area contributed by atoms with Crippen molar-refractivity contribution in [2.75, 3.05) is 20.1 Å². The third-order valence-corrected chi connectivity index (χ3v) is 7.27. The van der Waals surface area contributed by atoms with Gasteiger partial charge in [0.1, 0.15) is 11.6 Å². The van der Waals surface area contributed by atoms with E-state index in [1.165, 1.54) is 21.3 Å². The zero-order valence-electron chi connectivity index (χ0n) is 20.6. The van der Waals surface area contributed by atoms with E-state index in [1.807, 2.05) is 4.90 Å². The van der Waals surface area contributed by atoms with Crippen molar-refractivity contribution < 1.29 is 14.6 Å². The summed E-state index contributed by atoms with van der Waals surface area (Å²) in [5.74, 6) is -0.657. The summed E-state index contributed by atoms with van der Waals surface area (Å²) in [5.41, 5.74) is 8.62. The van der Waals surface area contributed by atoms with E-state index >= 15 is 0 Å². The van der Waals surface area contributed by atoms with Crippen LogP contribution in [-0.2, 0) is 7.05 Å². The monoisotopic (exact) mass is 525 g/mol. The lowest BCUT2D eigenvalue weighted by molar-refractivity contribution is 0.0514. The van der Waals surface area contributed by atoms with Crippen LogP contribution in [0.4, 0.5) is 4.39 Å². The molecular formula is C27H29ClFN5O3. The lowest BCUT2D eigenvalue weighted by Gasteiger charge is -2.40. The molecule has 1 saturated heterocycles. The minimum absolute atomic E-state index is 0.00940. The molecule has 0 saturated carbocycles. The molecular weight excluding hydrogens is 497 g/mol. The molecule has 2 atom stereocenters. The van der Waals surface area contributed by atoms with Gasteiger partial charge in [-0.1, -0.05) is 17.7 Å². The van der Waals surface area contributed by atoms with Crippen LogP contribution in [0, 0.1) is 5.82 Å². The van der Waals surface area contributed by atoms with Crippen molar-refractivity contribution in [3.8, 4) is 22.6 Å². The fourth-order valence-corrected chi connectivity index (χ4v) is 5.24. The summed E-state index contributed by atoms with van der Waals surface area (Å²) in [6.07, 6.45) is 7.65. The molecule has 0 amide bonds. The molecule has 5 rings (SSSR count). The molecule has 1 unspecified atom stereocenters. The van der Waals surface area contributed by atoms with E-state index in [0.29, 0.717) is 29.1 Å². The molecule has 1 fully saturated rings. The first-order chi connectivity index (χ1) is 17.6. The molecule has 2 aromatic carbocycles. The number of halogens is 2. The summed E-state index contributed by atoms with van der Waals surface area (Å²) in [5, 5.41) is 22.4. The first-order valence-electron chi connectivity index (χ1n) is 12.0. The largest absolute Gasteiger partial charge is 0.507 e. The molecule has 1 aromatic heterocycles. The second kappa shape index (κ2) is 9.74. The summed E-state index contributed by atoms with van der Waals surface area (Å²) in [7, 11) is 3.37. The number of nitrogens with two attached hydrogens (primary N) is 1. The van der Waals surface area contributed by atoms with Gasteiger partial charge in [0.25, 0.3) is 0 Å². The quantitative estimate of drug-likeness (QED) is 0.483. The van der Waals surface area contributed by atoms with Crippen LogP contribution in [0.1, 0.15) is 18.4 Å². The molecule has 2 aliphatic heterocycles. The Bertz CT molecular complexity index is 1480. The number of likely N-dealkylation sites (tertiary alicyclic amines) is 1. The zero-order valence-corrected chi connectivity index (χ0v) is 21.4. The lowest BCUT2D eigenvalue weighted by atomic mass is 9.94. The highest BCUT2D eigenvalue weighted by atomic mass is 35.5. The molecule has 0 bridgehead atoms. The highest BCUT2D eigenvalue weighted by Crippen LogP contribution is 2.40. The van der Waals surface area contributed by atoms with Gasteiger partial charge in [-0.2, -0.15) is 0 Å². The third-order valence-electron chi connectivity index (χ3n) is 6.97. The molecule has 37 heavy (non-hydrogen) atoms. The predicted molar refractivity (Wildman–Crippen MR) is 142 cm³/mol. The minimum Gasteiger partial charge on any atom is -0.507 e. The average Bonchev–Trinajstić information content (AvgIpc) is 3.19. The van der Waals surface area contributed by atoms with Crippen molar-refractivity contribution in [2.24, 2.45) is 12.8 Å². The molecule has 3 heterocycles. The van der Waals surface area contributed by atoms with Crippen LogP contribution in [0.15, 0.2) is 65.5 Å². The summed E-state index contributed by atoms with van der Waals surface area (Å²) in [6, 6.07) is 7.46. The molecule has 0 spiro atoms. The number of hydrogen-bond donors (Lipinski definition) is 3. The van der Waals surface area contributed by atoms with E-state index < -0.39 is 12.0 Å². The van der Waals surface area contributed by atoms with Gasteiger partial charge in [-0.3, -0.25) is 4.57 Å². The minimum atomic E-state index is -0.878. The molecule has 4 N–H and O–H groups in total. The number of aliphatic hydroxyl groups is 1. The second-order valence-electron chi connectivity index (χ2n) is 9.62. The Kier molecular flexibility index (Phi) is 6.61. The topological polar surface area (TPSA) is 99.9 Å². The fraction of sp³-hybridized carbons (Fsp3) is 0.296. The highest BCUT2D eigenvalue weighted by molar-refractivity contribution is 6.32. The van der Waals surface area contributed by atoms with Gasteiger partial charge in [-0.25, -0.2) is 9.18 Å². The Morgan fingerprint density at radius 1 is 1.14 bits per heavy atom. The van der Waals surface area contributed by atoms with Crippen LogP contribution in [0.5, 0.6) is 5.75 Å². The summed E-state index contributed by atoms with van der Waals surface area (Å²) in [4.78, 5) is 16.0. The first-order valence-corrected chi connectivity index (χ1v) is 12.4. The Labute approximate surface area is 218 Å². The third kappa shape index (κ3) is 4.66. The molecule has 194 valence electrons. The van der Waals surface area contributed by atoms with E-state index in [2.05, 4.69) is 0 Å². The number of aliphatic hydroxyl groups excluding tert-OH is 1. The maximum absolute atomic E-state index is 14.9. The van der Waals surface area contributed by atoms with Crippen molar-refractivity contribution in [1.82, 2.24) is 18.9 Å². The number of benzene rings is 2. The Morgan fingerprint density at radius 2 is 1.89 bits per heavy atom. The maximum atomic E-state index is 14.9. The van der Waals surface area contributed by atoms with Crippen LogP contribution in [0.2, 0.25) is 5.02 Å². The molecule has 8 nitrogen and oxygen atoms in total. The van der Waals surface area contributed by atoms with Crippen LogP contribution in [0.25, 0.3) is 22.4 Å². The predicted octanol–water partition coefficient (Wildman–Crippen LogP) is 3.25. The van der Waals surface area contributed by atoms with E-state index in [4.69, 9.17) is 17.3 Å². The average molecular weight is 526 g/mol. The maximum Gasteiger partial charge on any atom is 0.332 e. The van der Waals surface area contributed by atoms with Crippen molar-refractivity contribution >= 4 is 17.2 Å². The number of aromatic hydroxyl groups is 1. The zero-order chi connectivity index (χ0) is 26.4. The summed E-state index contributed by atoms with van der Waals surface area (Å²) >= 11 is 6.51. The molecule has 10 heteroatoms. The molecule has 2 aliphatic rings. The number of aromatic nitrogens is 2. The van der Waals surface area contributed by atoms with Crippen LogP contribution < -0.4 is 11.4 Å². The van der Waals surface area contributed by atoms with Crippen molar-refractivity contribution in [3.63, 3.8) is 0 Å². The van der Waals surface area contributed by atoms with Gasteiger partial charge in [-0.05, 0) is 48.7 Å². The van der Waals surface area contributed by atoms with E-state index in [-0.39, 0.29) is 33.6 Å². The number of imidazole rings is 1. The van der Waals surface area contributed by atoms with Gasteiger partial charge in [0, 0.05) is 68.5 Å². The highest BCUT2D eigenvalue weighted by Gasteiger charge is 2.29. The number of phenolic OH excluding ortho intramolecular Hbond substituents is 1. The number of nitrogens with zero attached hydrogens (tertiary/aromatic N) is 4. The van der Waals surface area contributed by atoms with Crippen molar-refractivity contribution in [2.45, 2.75) is 25.1 Å². The standard InChI is InChI=1S/C27H29ClFN5O3/c1-31-8-9-34(27(31)37)23-6-5-16(10-22(23)28)20-12-18(29)13-21(25(20)35)17-11-24(26(36)32(2)14-17)33-7-3-4-19(30)15-33/h5-6,8-14,19,26,35-36H,3-4,7,15,30H2,1-2H3/t19-,26?/m0/s1. The summed E-state index contributed by atoms with van der Waals surface area (Å²) in [6.45, 7) is 1.37. The number of aryl methyl sites for hydroxylation is 1. The van der Waals surface area contributed by atoms with E-state index in [1.54, 1.807) is 61.9 Å². The molecule has 0 radical (unpaired) electrons. The smallest absolute Gasteiger partial charge is 0.332 e. The van der Waals surface area contributed by atoms with Gasteiger partial charge in [0.05, 0.1) is 16.4 Å². The normalized spacial score (nSPS) is 20.2. The van der Waals surface area contributed by atoms with E-state index in [0.717, 1.165) is 19.4 Å². The molecule has 0 aliphatic carbocycles. The molecule has 3 aromatic rings. The fourth-order valence-electron chi connectivity index (χ4n) is 4.97. The van der Waals surface area contributed by atoms with Crippen molar-refractivity contribution in [1.29, 1.82) is 0 Å². The van der Waals surface area contributed by atoms with E-state index in [9.17, 15) is 19.4 Å². The first kappa shape index (κ1) is 25.1. The number of allylic oxidation sites excluding steroid dienone is 2. The number of rotatable bonds is 4. The SMILES string of the molecule is CN1C=C(c2cc(F)cc(-c3ccc(-n4ccn(C)c4=O)c(Cl)c3)c2O)C=C(N2CCC[C@H](N)C2)C1O. The van der Waals surface area contributed by atoms with Gasteiger partial charge in [-0.15, -0.1) is 0 Å². The number of phenols is 1. The Morgan fingerprint density at radius 3 is 2.57 bits per heavy atom. The van der Waals surface area contributed by atoms with Crippen LogP contribution in [0.3, 0.4) is 0 Å². The van der Waals surface area contributed by atoms with Gasteiger partial charge in [0.2, 0.25) is 0 Å². The number of likely N-dealkylation sites (N-methyl/N-ethyl adjacent to an activating group) is 1. The van der Waals surface area contributed by atoms with Gasteiger partial charge in [0.15, 0.2) is 6.23 Å². The van der Waals surface area contributed by atoms with Crippen molar-refractivity contribution in [3.05, 3.63) is 87.6 Å². The van der Waals surface area contributed by atoms with Gasteiger partial charge >= 0.3 is 5.69 Å². The van der Waals surface area contributed by atoms with Crippen LogP contribution in [-0.4, -0.2) is 61.6 Å². The Hall–Kier alpha value is -3.53. The number of hydrogen-bond acceptors (Lipinski definition) is 6. The lowest BCUT2D eigenvalue weighted by Crippen LogP contribution is -2.47. The second-order valence-corrected chi connectivity index (χ2v) is 10.0. The number of piperidine rings is 1. The summed E-state index contributed by atoms with van der Waals surface area (Å²) < 4.78 is 17.7. The van der Waals surface area contributed by atoms with Crippen LogP contribution >= 0.6 is 11.6 Å².